The molecule has 0 aliphatic carbocycles. The molecule has 0 bridgehead atoms. The molecule has 9 nitrogen and oxygen atoms in total. The molecule has 2 aromatic carbocycles. The maximum absolute atomic E-state index is 13.5. The number of benzene rings is 2. The van der Waals surface area contributed by atoms with E-state index in [1.54, 1.807) is 28.8 Å². The van der Waals surface area contributed by atoms with E-state index < -0.39 is 21.8 Å². The van der Waals surface area contributed by atoms with Gasteiger partial charge in [-0.25, -0.2) is 4.79 Å². The topological polar surface area (TPSA) is 123 Å². The fourth-order valence-electron chi connectivity index (χ4n) is 4.18. The Morgan fingerprint density at radius 3 is 2.34 bits per heavy atom. The third kappa shape index (κ3) is 4.08. The zero-order valence-corrected chi connectivity index (χ0v) is 18.7. The second kappa shape index (κ2) is 8.53. The van der Waals surface area contributed by atoms with Crippen molar-refractivity contribution >= 4 is 21.5 Å². The first kappa shape index (κ1) is 22.3. The molecule has 3 N–H and O–H groups in total. The summed E-state index contributed by atoms with van der Waals surface area (Å²) >= 11 is 0. The molecule has 172 valence electrons. The number of phenols is 1. The Bertz CT molecular complexity index is 1270. The van der Waals surface area contributed by atoms with Crippen molar-refractivity contribution < 1.29 is 23.7 Å². The number of hydrogen-bond donors (Lipinski definition) is 3. The van der Waals surface area contributed by atoms with E-state index in [9.17, 15) is 23.8 Å². The molecule has 32 heavy (non-hydrogen) atoms. The molecular weight excluding hydrogens is 436 g/mol. The molecule has 1 aliphatic heterocycles. The van der Waals surface area contributed by atoms with Gasteiger partial charge in [-0.15, -0.1) is 0 Å². The zero-order valence-electron chi connectivity index (χ0n) is 17.9. The first-order valence-electron chi connectivity index (χ1n) is 10.2. The number of nitrogens with zero attached hydrogens (tertiary/aromatic N) is 2. The van der Waals surface area contributed by atoms with Crippen molar-refractivity contribution in [3.8, 4) is 17.2 Å². The van der Waals surface area contributed by atoms with Gasteiger partial charge in [0.05, 0.1) is 31.7 Å². The second-order valence-corrected chi connectivity index (χ2v) is 10.3. The average molecular weight is 463 g/mol. The summed E-state index contributed by atoms with van der Waals surface area (Å²) in [4.78, 5) is 26.7. The Balaban J connectivity index is 1.86. The second-order valence-electron chi connectivity index (χ2n) is 7.88. The van der Waals surface area contributed by atoms with Crippen LogP contribution in [0.25, 0.3) is 10.9 Å². The number of rotatable bonds is 5. The van der Waals surface area contributed by atoms with Crippen LogP contribution >= 0.6 is 10.6 Å². The molecule has 0 amide bonds. The van der Waals surface area contributed by atoms with Crippen molar-refractivity contribution in [3.05, 3.63) is 62.8 Å². The van der Waals surface area contributed by atoms with Crippen LogP contribution in [0.15, 0.2) is 46.0 Å². The van der Waals surface area contributed by atoms with Gasteiger partial charge >= 0.3 is 5.69 Å². The Hall–Kier alpha value is -2.95. The normalized spacial score (nSPS) is 17.2. The summed E-state index contributed by atoms with van der Waals surface area (Å²) < 4.78 is 33.2. The predicted octanol–water partition coefficient (Wildman–Crippen LogP) is 3.02. The van der Waals surface area contributed by atoms with Crippen LogP contribution in [0.4, 0.5) is 0 Å². The fourth-order valence-corrected chi connectivity index (χ4v) is 5.68. The molecule has 1 fully saturated rings. The molecule has 1 aliphatic rings. The van der Waals surface area contributed by atoms with Gasteiger partial charge in [0.1, 0.15) is 5.75 Å². The number of ether oxygens (including phenoxy) is 2. The highest BCUT2D eigenvalue weighted by molar-refractivity contribution is 8.24. The minimum absolute atomic E-state index is 0.00548. The number of methoxy groups -OCH3 is 2. The summed E-state index contributed by atoms with van der Waals surface area (Å²) in [7, 11) is 0.403. The van der Waals surface area contributed by atoms with Gasteiger partial charge in [0.15, 0.2) is 11.5 Å². The summed E-state index contributed by atoms with van der Waals surface area (Å²) in [5, 5.41) is 10.2. The molecule has 1 aromatic heterocycles. The summed E-state index contributed by atoms with van der Waals surface area (Å²) in [6.07, 6.45) is 0.819. The Labute approximate surface area is 185 Å². The van der Waals surface area contributed by atoms with Gasteiger partial charge in [-0.05, 0) is 48.7 Å². The summed E-state index contributed by atoms with van der Waals surface area (Å²) in [5.74, 6) is 1.35. The maximum Gasteiger partial charge on any atom is 0.332 e. The van der Waals surface area contributed by atoms with Gasteiger partial charge in [-0.3, -0.25) is 23.0 Å². The van der Waals surface area contributed by atoms with E-state index in [0.717, 1.165) is 4.57 Å². The highest BCUT2D eigenvalue weighted by atomic mass is 32.3. The van der Waals surface area contributed by atoms with Gasteiger partial charge in [0.2, 0.25) is 0 Å². The van der Waals surface area contributed by atoms with Gasteiger partial charge in [-0.2, -0.15) is 10.6 Å². The van der Waals surface area contributed by atoms with Gasteiger partial charge < -0.3 is 14.6 Å². The molecule has 10 heteroatoms. The van der Waals surface area contributed by atoms with Crippen molar-refractivity contribution in [3.63, 3.8) is 0 Å². The van der Waals surface area contributed by atoms with Crippen LogP contribution in [-0.4, -0.2) is 49.1 Å². The summed E-state index contributed by atoms with van der Waals surface area (Å²) in [5.41, 5.74) is 0.105. The summed E-state index contributed by atoms with van der Waals surface area (Å²) in [6.45, 7) is 0.00548. The molecule has 0 spiro atoms. The van der Waals surface area contributed by atoms with E-state index in [1.165, 1.54) is 26.4 Å². The Kier molecular flexibility index (Phi) is 5.93. The van der Waals surface area contributed by atoms with Crippen LogP contribution in [0.1, 0.15) is 24.4 Å². The van der Waals surface area contributed by atoms with Crippen LogP contribution < -0.4 is 20.7 Å². The van der Waals surface area contributed by atoms with E-state index in [0.29, 0.717) is 35.4 Å². The first-order chi connectivity index (χ1) is 15.2. The van der Waals surface area contributed by atoms with Crippen LogP contribution in [0.3, 0.4) is 0 Å². The smallest absolute Gasteiger partial charge is 0.332 e. The van der Waals surface area contributed by atoms with E-state index in [4.69, 9.17) is 9.47 Å². The monoisotopic (exact) mass is 462 g/mol. The number of phenolic OH excluding ortho intramolecular Hbond substituents is 1. The van der Waals surface area contributed by atoms with Crippen molar-refractivity contribution in [2.45, 2.75) is 25.4 Å². The van der Waals surface area contributed by atoms with Gasteiger partial charge in [0, 0.05) is 17.5 Å². The lowest BCUT2D eigenvalue weighted by molar-refractivity contribution is 0.354. The highest BCUT2D eigenvalue weighted by Gasteiger charge is 2.28. The van der Waals surface area contributed by atoms with Crippen LogP contribution in [0.2, 0.25) is 0 Å². The standard InChI is InChI=1S/C22H26N2O7S/c1-30-19-6-3-14(11-20(19)31-2)13-23-21(26)17-12-16(25)4-5-18(17)24(22(23)27)15-7-9-32(28,29)10-8-15/h3-6,11-12,15,25,28-29H,7-10,13H2,1-2H3. The quantitative estimate of drug-likeness (QED) is 0.533. The number of aromatic nitrogens is 2. The Morgan fingerprint density at radius 1 is 1.00 bits per heavy atom. The molecule has 2 heterocycles. The lowest BCUT2D eigenvalue weighted by atomic mass is 10.1. The zero-order chi connectivity index (χ0) is 23.0. The average Bonchev–Trinajstić information content (AvgIpc) is 2.78. The van der Waals surface area contributed by atoms with E-state index in [1.807, 2.05) is 0 Å². The molecule has 1 saturated heterocycles. The number of hydrogen-bond acceptors (Lipinski definition) is 7. The van der Waals surface area contributed by atoms with Crippen molar-refractivity contribution in [2.24, 2.45) is 0 Å². The SMILES string of the molecule is COc1ccc(Cn2c(=O)c3cc(O)ccc3n(C3CCS(O)(O)CC3)c2=O)cc1OC. The third-order valence-corrected chi connectivity index (χ3v) is 7.64. The van der Waals surface area contributed by atoms with Crippen LogP contribution in [0, 0.1) is 0 Å². The lowest BCUT2D eigenvalue weighted by Gasteiger charge is -2.39. The van der Waals surface area contributed by atoms with Crippen LogP contribution in [0.5, 0.6) is 17.2 Å². The molecule has 0 atom stereocenters. The summed E-state index contributed by atoms with van der Waals surface area (Å²) in [6, 6.07) is 9.23. The van der Waals surface area contributed by atoms with E-state index >= 15 is 0 Å². The fraction of sp³-hybridized carbons (Fsp3) is 0.364. The van der Waals surface area contributed by atoms with E-state index in [-0.39, 0.29) is 35.2 Å². The lowest BCUT2D eigenvalue weighted by Crippen LogP contribution is -2.42. The molecular formula is C22H26N2O7S. The minimum Gasteiger partial charge on any atom is -0.508 e. The molecule has 4 rings (SSSR count). The number of fused-ring (bicyclic) bond motifs is 1. The largest absolute Gasteiger partial charge is 0.508 e. The number of aromatic hydroxyl groups is 1. The first-order valence-corrected chi connectivity index (χ1v) is 12.0. The van der Waals surface area contributed by atoms with Crippen molar-refractivity contribution in [1.29, 1.82) is 0 Å². The molecule has 3 aromatic rings. The molecule has 0 saturated carbocycles. The van der Waals surface area contributed by atoms with Gasteiger partial charge in [0.25, 0.3) is 5.56 Å². The van der Waals surface area contributed by atoms with E-state index in [2.05, 4.69) is 0 Å². The highest BCUT2D eigenvalue weighted by Crippen LogP contribution is 2.47. The van der Waals surface area contributed by atoms with Crippen molar-refractivity contribution in [2.75, 3.05) is 25.7 Å². The predicted molar refractivity (Wildman–Crippen MR) is 124 cm³/mol. The third-order valence-electron chi connectivity index (χ3n) is 5.86. The minimum atomic E-state index is -2.63. The maximum atomic E-state index is 13.5. The molecule has 0 radical (unpaired) electrons. The molecule has 0 unspecified atom stereocenters. The Morgan fingerprint density at radius 2 is 1.69 bits per heavy atom. The van der Waals surface area contributed by atoms with Crippen LogP contribution in [-0.2, 0) is 6.54 Å². The van der Waals surface area contributed by atoms with Crippen molar-refractivity contribution in [1.82, 2.24) is 9.13 Å². The van der Waals surface area contributed by atoms with Gasteiger partial charge in [-0.1, -0.05) is 6.07 Å².